The van der Waals surface area contributed by atoms with Crippen molar-refractivity contribution >= 4 is 31.5 Å². The Bertz CT molecular complexity index is 543. The molecular formula is C10H10ClF3O3S2. The second-order valence-corrected chi connectivity index (χ2v) is 7.23. The van der Waals surface area contributed by atoms with Gasteiger partial charge in [-0.15, -0.1) is 0 Å². The molecule has 0 saturated heterocycles. The number of hydrogen-bond donors (Lipinski definition) is 0. The minimum Gasteiger partial charge on any atom is -0.492 e. The molecule has 0 radical (unpaired) electrons. The summed E-state index contributed by atoms with van der Waals surface area (Å²) in [7, 11) is 1.34. The molecule has 108 valence electrons. The molecule has 0 N–H and O–H groups in total. The predicted molar refractivity (Wildman–Crippen MR) is 68.2 cm³/mol. The molecule has 0 aliphatic carbocycles. The standard InChI is InChI=1S/C10H10ClF3O3S2/c1-7-6-8(19(11,15)16)2-3-9(7)17-4-5-18-10(12,13)14/h2-3,6H,4-5H2,1H3. The quantitative estimate of drug-likeness (QED) is 0.610. The second-order valence-electron chi connectivity index (χ2n) is 3.51. The first-order valence-corrected chi connectivity index (χ1v) is 8.28. The molecule has 0 atom stereocenters. The van der Waals surface area contributed by atoms with Crippen molar-refractivity contribution in [3.63, 3.8) is 0 Å². The number of thioether (sulfide) groups is 1. The van der Waals surface area contributed by atoms with Crippen LogP contribution in [0.25, 0.3) is 0 Å². The topological polar surface area (TPSA) is 43.4 Å². The van der Waals surface area contributed by atoms with Crippen LogP contribution in [-0.4, -0.2) is 26.3 Å². The van der Waals surface area contributed by atoms with Gasteiger partial charge in [0.2, 0.25) is 0 Å². The van der Waals surface area contributed by atoms with E-state index in [9.17, 15) is 21.6 Å². The van der Waals surface area contributed by atoms with E-state index in [0.717, 1.165) is 0 Å². The molecule has 19 heavy (non-hydrogen) atoms. The first-order chi connectivity index (χ1) is 8.59. The van der Waals surface area contributed by atoms with E-state index in [0.29, 0.717) is 11.3 Å². The average Bonchev–Trinajstić information content (AvgIpc) is 2.23. The van der Waals surface area contributed by atoms with Crippen LogP contribution in [0.5, 0.6) is 5.75 Å². The van der Waals surface area contributed by atoms with Crippen LogP contribution in [0.4, 0.5) is 13.2 Å². The highest BCUT2D eigenvalue weighted by atomic mass is 35.7. The van der Waals surface area contributed by atoms with Gasteiger partial charge in [0.05, 0.1) is 11.5 Å². The molecule has 0 heterocycles. The Kier molecular flexibility index (Phi) is 5.40. The van der Waals surface area contributed by atoms with E-state index in [4.69, 9.17) is 15.4 Å². The maximum atomic E-state index is 11.9. The van der Waals surface area contributed by atoms with Crippen LogP contribution in [-0.2, 0) is 9.05 Å². The van der Waals surface area contributed by atoms with Crippen molar-refractivity contribution in [3.8, 4) is 5.75 Å². The number of halogens is 4. The van der Waals surface area contributed by atoms with Crippen molar-refractivity contribution in [2.75, 3.05) is 12.4 Å². The molecule has 9 heteroatoms. The maximum Gasteiger partial charge on any atom is 0.441 e. The van der Waals surface area contributed by atoms with Crippen LogP contribution < -0.4 is 4.74 Å². The van der Waals surface area contributed by atoms with Gasteiger partial charge in [-0.3, -0.25) is 0 Å². The molecule has 1 aromatic carbocycles. The maximum absolute atomic E-state index is 11.9. The van der Waals surface area contributed by atoms with Gasteiger partial charge >= 0.3 is 5.51 Å². The van der Waals surface area contributed by atoms with E-state index in [1.807, 2.05) is 0 Å². The smallest absolute Gasteiger partial charge is 0.441 e. The molecule has 0 amide bonds. The normalized spacial score (nSPS) is 12.5. The van der Waals surface area contributed by atoms with E-state index >= 15 is 0 Å². The SMILES string of the molecule is Cc1cc(S(=O)(=O)Cl)ccc1OCCSC(F)(F)F. The number of alkyl halides is 3. The first kappa shape index (κ1) is 16.5. The lowest BCUT2D eigenvalue weighted by atomic mass is 10.2. The van der Waals surface area contributed by atoms with Gasteiger partial charge in [-0.1, -0.05) is 0 Å². The molecule has 0 saturated carbocycles. The van der Waals surface area contributed by atoms with Gasteiger partial charge in [0, 0.05) is 16.4 Å². The number of hydrogen-bond acceptors (Lipinski definition) is 4. The molecule has 0 fully saturated rings. The zero-order valence-corrected chi connectivity index (χ0v) is 12.1. The van der Waals surface area contributed by atoms with Gasteiger partial charge in [0.1, 0.15) is 5.75 Å². The van der Waals surface area contributed by atoms with Crippen LogP contribution in [0.3, 0.4) is 0 Å². The van der Waals surface area contributed by atoms with Crippen LogP contribution in [0.15, 0.2) is 23.1 Å². The van der Waals surface area contributed by atoms with Gasteiger partial charge in [-0.25, -0.2) is 8.42 Å². The highest BCUT2D eigenvalue weighted by Gasteiger charge is 2.27. The van der Waals surface area contributed by atoms with Crippen LogP contribution in [0, 0.1) is 6.92 Å². The fourth-order valence-electron chi connectivity index (χ4n) is 1.24. The van der Waals surface area contributed by atoms with Crippen molar-refractivity contribution < 1.29 is 26.3 Å². The Hall–Kier alpha value is -0.600. The van der Waals surface area contributed by atoms with E-state index in [-0.39, 0.29) is 29.0 Å². The molecular weight excluding hydrogens is 325 g/mol. The highest BCUT2D eigenvalue weighted by molar-refractivity contribution is 8.13. The lowest BCUT2D eigenvalue weighted by molar-refractivity contribution is -0.0329. The molecule has 0 unspecified atom stereocenters. The average molecular weight is 335 g/mol. The lowest BCUT2D eigenvalue weighted by Crippen LogP contribution is -2.08. The predicted octanol–water partition coefficient (Wildman–Crippen LogP) is 3.55. The molecule has 0 bridgehead atoms. The Morgan fingerprint density at radius 3 is 2.47 bits per heavy atom. The third kappa shape index (κ3) is 5.92. The van der Waals surface area contributed by atoms with Crippen molar-refractivity contribution in [1.29, 1.82) is 0 Å². The Labute approximate surface area is 117 Å². The molecule has 3 nitrogen and oxygen atoms in total. The largest absolute Gasteiger partial charge is 0.492 e. The zero-order chi connectivity index (χ0) is 14.7. The van der Waals surface area contributed by atoms with Gasteiger partial charge in [0.15, 0.2) is 0 Å². The van der Waals surface area contributed by atoms with Crippen molar-refractivity contribution in [3.05, 3.63) is 23.8 Å². The fourth-order valence-corrected chi connectivity index (χ4v) is 2.48. The number of ether oxygens (including phenoxy) is 1. The summed E-state index contributed by atoms with van der Waals surface area (Å²) in [5, 5.41) is 0. The minimum absolute atomic E-state index is 0.0799. The first-order valence-electron chi connectivity index (χ1n) is 4.98. The molecule has 1 aromatic rings. The van der Waals surface area contributed by atoms with Crippen LogP contribution in [0.2, 0.25) is 0 Å². The van der Waals surface area contributed by atoms with E-state index in [1.54, 1.807) is 6.92 Å². The zero-order valence-electron chi connectivity index (χ0n) is 9.70. The summed E-state index contributed by atoms with van der Waals surface area (Å²) in [6, 6.07) is 3.90. The Morgan fingerprint density at radius 1 is 1.37 bits per heavy atom. The van der Waals surface area contributed by atoms with E-state index in [2.05, 4.69) is 0 Å². The lowest BCUT2D eigenvalue weighted by Gasteiger charge is -2.10. The number of benzene rings is 1. The van der Waals surface area contributed by atoms with Crippen LogP contribution in [0.1, 0.15) is 5.56 Å². The minimum atomic E-state index is -4.28. The summed E-state index contributed by atoms with van der Waals surface area (Å²) in [6.45, 7) is 1.45. The Morgan fingerprint density at radius 2 is 2.00 bits per heavy atom. The Balaban J connectivity index is 2.61. The van der Waals surface area contributed by atoms with Crippen molar-refractivity contribution in [2.45, 2.75) is 17.3 Å². The van der Waals surface area contributed by atoms with Gasteiger partial charge in [0.25, 0.3) is 9.05 Å². The molecule has 0 aliphatic heterocycles. The summed E-state index contributed by atoms with van der Waals surface area (Å²) < 4.78 is 62.9. The third-order valence-electron chi connectivity index (χ3n) is 2.03. The molecule has 1 rings (SSSR count). The molecule has 0 spiro atoms. The fraction of sp³-hybridized carbons (Fsp3) is 0.400. The third-order valence-corrected chi connectivity index (χ3v) is 4.08. The van der Waals surface area contributed by atoms with Crippen LogP contribution >= 0.6 is 22.4 Å². The monoisotopic (exact) mass is 334 g/mol. The van der Waals surface area contributed by atoms with E-state index in [1.165, 1.54) is 18.2 Å². The molecule has 0 aromatic heterocycles. The summed E-state index contributed by atoms with van der Waals surface area (Å²) in [5.74, 6) is 0.0882. The summed E-state index contributed by atoms with van der Waals surface area (Å²) in [5.41, 5.74) is -3.80. The van der Waals surface area contributed by atoms with Gasteiger partial charge in [-0.2, -0.15) is 13.2 Å². The second kappa shape index (κ2) is 6.23. The van der Waals surface area contributed by atoms with Crippen molar-refractivity contribution in [2.24, 2.45) is 0 Å². The summed E-state index contributed by atoms with van der Waals surface area (Å²) in [4.78, 5) is -0.0799. The number of aryl methyl sites for hydroxylation is 1. The van der Waals surface area contributed by atoms with Crippen molar-refractivity contribution in [1.82, 2.24) is 0 Å². The summed E-state index contributed by atoms with van der Waals surface area (Å²) in [6.07, 6.45) is 0. The van der Waals surface area contributed by atoms with E-state index < -0.39 is 14.6 Å². The van der Waals surface area contributed by atoms with Gasteiger partial charge in [-0.05, 0) is 42.4 Å². The highest BCUT2D eigenvalue weighted by Crippen LogP contribution is 2.30. The molecule has 0 aliphatic rings. The van der Waals surface area contributed by atoms with Gasteiger partial charge < -0.3 is 4.74 Å². The summed E-state index contributed by atoms with van der Waals surface area (Å²) >= 11 is -0.176. The number of rotatable bonds is 5.